The number of carbonyl (C=O) groups excluding carboxylic acids is 1. The molecular weight excluding hydrogens is 164 g/mol. The molecule has 2 aliphatic rings. The fraction of sp³-hybridized carbons (Fsp3) is 0.800. The van der Waals surface area contributed by atoms with E-state index < -0.39 is 0 Å². The van der Waals surface area contributed by atoms with E-state index in [1.165, 1.54) is 32.1 Å². The predicted molar refractivity (Wildman–Crippen MR) is 51.6 cm³/mol. The minimum atomic E-state index is 0.153. The summed E-state index contributed by atoms with van der Waals surface area (Å²) < 4.78 is 0. The maximum absolute atomic E-state index is 11.2. The first kappa shape index (κ1) is 8.73. The van der Waals surface area contributed by atoms with Gasteiger partial charge in [0, 0.05) is 13.0 Å². The van der Waals surface area contributed by atoms with Crippen molar-refractivity contribution in [2.45, 2.75) is 32.1 Å². The van der Waals surface area contributed by atoms with E-state index >= 15 is 0 Å². The highest BCUT2D eigenvalue weighted by Crippen LogP contribution is 2.27. The van der Waals surface area contributed by atoms with Crippen LogP contribution in [0.15, 0.2) is 4.99 Å². The molecule has 72 valence electrons. The molecule has 0 N–H and O–H groups in total. The second-order valence-corrected chi connectivity index (χ2v) is 3.96. The standard InChI is InChI=1S/C10H16N2O/c1-12-9(13)7-11-10(12)8-5-3-2-4-6-8/h8H,2-7H2,1H3. The molecule has 1 aliphatic heterocycles. The molecule has 0 aromatic heterocycles. The Bertz CT molecular complexity index is 241. The Morgan fingerprint density at radius 3 is 2.54 bits per heavy atom. The van der Waals surface area contributed by atoms with E-state index in [1.54, 1.807) is 4.90 Å². The molecular formula is C10H16N2O. The third kappa shape index (κ3) is 1.60. The van der Waals surface area contributed by atoms with Crippen LogP contribution in [0.2, 0.25) is 0 Å². The van der Waals surface area contributed by atoms with Crippen molar-refractivity contribution < 1.29 is 4.79 Å². The quantitative estimate of drug-likeness (QED) is 0.601. The highest BCUT2D eigenvalue weighted by molar-refractivity contribution is 6.04. The third-order valence-corrected chi connectivity index (χ3v) is 3.06. The van der Waals surface area contributed by atoms with Crippen LogP contribution in [-0.2, 0) is 4.79 Å². The Morgan fingerprint density at radius 2 is 2.00 bits per heavy atom. The van der Waals surface area contributed by atoms with Gasteiger partial charge in [-0.1, -0.05) is 19.3 Å². The number of rotatable bonds is 1. The van der Waals surface area contributed by atoms with Gasteiger partial charge in [0.2, 0.25) is 5.91 Å². The van der Waals surface area contributed by atoms with Crippen LogP contribution in [0.25, 0.3) is 0 Å². The summed E-state index contributed by atoms with van der Waals surface area (Å²) in [5, 5.41) is 0. The molecule has 3 nitrogen and oxygen atoms in total. The van der Waals surface area contributed by atoms with Gasteiger partial charge in [-0.05, 0) is 12.8 Å². The smallest absolute Gasteiger partial charge is 0.249 e. The van der Waals surface area contributed by atoms with E-state index in [1.807, 2.05) is 7.05 Å². The summed E-state index contributed by atoms with van der Waals surface area (Å²) in [6.45, 7) is 0.377. The lowest BCUT2D eigenvalue weighted by molar-refractivity contribution is -0.124. The lowest BCUT2D eigenvalue weighted by Crippen LogP contribution is -2.34. The molecule has 0 atom stereocenters. The van der Waals surface area contributed by atoms with Crippen LogP contribution >= 0.6 is 0 Å². The Morgan fingerprint density at radius 1 is 1.31 bits per heavy atom. The largest absolute Gasteiger partial charge is 0.302 e. The molecule has 1 fully saturated rings. The van der Waals surface area contributed by atoms with Crippen molar-refractivity contribution >= 4 is 11.7 Å². The van der Waals surface area contributed by atoms with E-state index in [9.17, 15) is 4.79 Å². The lowest BCUT2D eigenvalue weighted by Gasteiger charge is -2.25. The Balaban J connectivity index is 2.03. The number of carbonyl (C=O) groups is 1. The molecule has 0 saturated heterocycles. The van der Waals surface area contributed by atoms with E-state index in [4.69, 9.17) is 0 Å². The van der Waals surface area contributed by atoms with Crippen molar-refractivity contribution in [3.05, 3.63) is 0 Å². The maximum Gasteiger partial charge on any atom is 0.249 e. The number of amides is 1. The van der Waals surface area contributed by atoms with Gasteiger partial charge >= 0.3 is 0 Å². The molecule has 0 radical (unpaired) electrons. The van der Waals surface area contributed by atoms with E-state index in [2.05, 4.69) is 4.99 Å². The van der Waals surface area contributed by atoms with Gasteiger partial charge in [-0.2, -0.15) is 0 Å². The Labute approximate surface area is 78.8 Å². The predicted octanol–water partition coefficient (Wildman–Crippen LogP) is 1.44. The average Bonchev–Trinajstić information content (AvgIpc) is 2.49. The molecule has 0 aromatic carbocycles. The number of nitrogens with zero attached hydrogens (tertiary/aromatic N) is 2. The zero-order valence-electron chi connectivity index (χ0n) is 8.12. The van der Waals surface area contributed by atoms with Crippen LogP contribution in [0.1, 0.15) is 32.1 Å². The SMILES string of the molecule is CN1C(=O)CN=C1C1CCCCC1. The summed E-state index contributed by atoms with van der Waals surface area (Å²) in [7, 11) is 1.85. The van der Waals surface area contributed by atoms with Gasteiger partial charge in [0.15, 0.2) is 0 Å². The van der Waals surface area contributed by atoms with Gasteiger partial charge in [0.1, 0.15) is 12.4 Å². The monoisotopic (exact) mass is 180 g/mol. The van der Waals surface area contributed by atoms with Gasteiger partial charge < -0.3 is 4.90 Å². The zero-order chi connectivity index (χ0) is 9.26. The van der Waals surface area contributed by atoms with Gasteiger partial charge in [0.25, 0.3) is 0 Å². The minimum absolute atomic E-state index is 0.153. The molecule has 1 aliphatic carbocycles. The highest BCUT2D eigenvalue weighted by Gasteiger charge is 2.28. The van der Waals surface area contributed by atoms with Crippen LogP contribution in [0.5, 0.6) is 0 Å². The van der Waals surface area contributed by atoms with Crippen LogP contribution in [0.3, 0.4) is 0 Å². The van der Waals surface area contributed by atoms with Crippen molar-refractivity contribution in [3.8, 4) is 0 Å². The van der Waals surface area contributed by atoms with Crippen molar-refractivity contribution in [1.82, 2.24) is 4.90 Å². The van der Waals surface area contributed by atoms with Crippen molar-refractivity contribution in [1.29, 1.82) is 0 Å². The van der Waals surface area contributed by atoms with Crippen molar-refractivity contribution in [2.75, 3.05) is 13.6 Å². The zero-order valence-corrected chi connectivity index (χ0v) is 8.12. The highest BCUT2D eigenvalue weighted by atomic mass is 16.2. The van der Waals surface area contributed by atoms with Gasteiger partial charge in [-0.25, -0.2) is 0 Å². The second-order valence-electron chi connectivity index (χ2n) is 3.96. The van der Waals surface area contributed by atoms with Crippen LogP contribution < -0.4 is 0 Å². The van der Waals surface area contributed by atoms with E-state index in [0.717, 1.165) is 5.84 Å². The van der Waals surface area contributed by atoms with Crippen molar-refractivity contribution in [3.63, 3.8) is 0 Å². The first-order valence-corrected chi connectivity index (χ1v) is 5.10. The summed E-state index contributed by atoms with van der Waals surface area (Å²) >= 11 is 0. The van der Waals surface area contributed by atoms with Crippen LogP contribution in [0.4, 0.5) is 0 Å². The summed E-state index contributed by atoms with van der Waals surface area (Å²) in [6, 6.07) is 0. The molecule has 0 unspecified atom stereocenters. The third-order valence-electron chi connectivity index (χ3n) is 3.06. The number of amidine groups is 1. The number of aliphatic imine (C=N–C) groups is 1. The molecule has 1 saturated carbocycles. The molecule has 0 spiro atoms. The van der Waals surface area contributed by atoms with E-state index in [0.29, 0.717) is 12.5 Å². The molecule has 1 heterocycles. The average molecular weight is 180 g/mol. The number of likely N-dealkylation sites (N-methyl/N-ethyl adjacent to an activating group) is 1. The summed E-state index contributed by atoms with van der Waals surface area (Å²) in [5.41, 5.74) is 0. The molecule has 13 heavy (non-hydrogen) atoms. The van der Waals surface area contributed by atoms with Crippen LogP contribution in [-0.4, -0.2) is 30.2 Å². The topological polar surface area (TPSA) is 32.7 Å². The molecule has 1 amide bonds. The number of hydrogen-bond acceptors (Lipinski definition) is 2. The molecule has 0 bridgehead atoms. The van der Waals surface area contributed by atoms with Gasteiger partial charge in [-0.15, -0.1) is 0 Å². The summed E-state index contributed by atoms with van der Waals surface area (Å²) in [5.74, 6) is 1.76. The molecule has 2 rings (SSSR count). The Hall–Kier alpha value is -0.860. The molecule has 0 aromatic rings. The molecule has 3 heteroatoms. The second kappa shape index (κ2) is 3.48. The first-order chi connectivity index (χ1) is 6.29. The minimum Gasteiger partial charge on any atom is -0.302 e. The number of hydrogen-bond donors (Lipinski definition) is 0. The summed E-state index contributed by atoms with van der Waals surface area (Å²) in [4.78, 5) is 17.3. The first-order valence-electron chi connectivity index (χ1n) is 5.10. The van der Waals surface area contributed by atoms with Crippen molar-refractivity contribution in [2.24, 2.45) is 10.9 Å². The fourth-order valence-corrected chi connectivity index (χ4v) is 2.25. The summed E-state index contributed by atoms with van der Waals surface area (Å²) in [6.07, 6.45) is 6.38. The lowest BCUT2D eigenvalue weighted by atomic mass is 9.88. The fourth-order valence-electron chi connectivity index (χ4n) is 2.25. The normalized spacial score (nSPS) is 25.2. The maximum atomic E-state index is 11.2. The van der Waals surface area contributed by atoms with Gasteiger partial charge in [-0.3, -0.25) is 9.79 Å². The Kier molecular flexibility index (Phi) is 2.34. The van der Waals surface area contributed by atoms with E-state index in [-0.39, 0.29) is 5.91 Å². The van der Waals surface area contributed by atoms with Crippen LogP contribution in [0, 0.1) is 5.92 Å². The van der Waals surface area contributed by atoms with Gasteiger partial charge in [0.05, 0.1) is 0 Å².